The van der Waals surface area contributed by atoms with Gasteiger partial charge in [0.15, 0.2) is 18.1 Å². The van der Waals surface area contributed by atoms with E-state index in [1.165, 1.54) is 11.8 Å². The summed E-state index contributed by atoms with van der Waals surface area (Å²) in [5, 5.41) is 15.0. The van der Waals surface area contributed by atoms with Crippen molar-refractivity contribution in [3.05, 3.63) is 70.9 Å². The minimum atomic E-state index is -0.672. The van der Waals surface area contributed by atoms with E-state index in [0.29, 0.717) is 47.4 Å². The summed E-state index contributed by atoms with van der Waals surface area (Å²) in [5.41, 5.74) is 2.50. The normalized spacial score (nSPS) is 14.4. The summed E-state index contributed by atoms with van der Waals surface area (Å²) in [4.78, 5) is 27.4. The van der Waals surface area contributed by atoms with E-state index in [0.717, 1.165) is 5.56 Å². The number of esters is 1. The minimum Gasteiger partial charge on any atom is -0.493 e. The maximum atomic E-state index is 13.3. The molecule has 0 aliphatic carbocycles. The molecular formula is C26H30N6O5. The molecule has 11 heteroatoms. The van der Waals surface area contributed by atoms with E-state index in [2.05, 4.69) is 20.8 Å². The molecule has 0 radical (unpaired) electrons. The Morgan fingerprint density at radius 3 is 2.54 bits per heavy atom. The molecule has 0 spiro atoms. The maximum Gasteiger partial charge on any atom is 0.338 e. The monoisotopic (exact) mass is 506 g/mol. The molecule has 0 saturated carbocycles. The Kier molecular flexibility index (Phi) is 8.02. The fourth-order valence-corrected chi connectivity index (χ4v) is 4.17. The highest BCUT2D eigenvalue weighted by atomic mass is 16.5. The van der Waals surface area contributed by atoms with Gasteiger partial charge in [-0.1, -0.05) is 41.5 Å². The molecule has 3 aromatic rings. The summed E-state index contributed by atoms with van der Waals surface area (Å²) in [6.07, 6.45) is 0. The molecule has 4 rings (SSSR count). The first-order valence-electron chi connectivity index (χ1n) is 12.0. The molecule has 1 amide bonds. The number of likely N-dealkylation sites (N-methyl/N-ethyl adjacent to an activating group) is 1. The van der Waals surface area contributed by atoms with Crippen molar-refractivity contribution < 1.29 is 23.8 Å². The molecule has 2 heterocycles. The number of carbonyl (C=O) groups excluding carboxylic acids is 2. The van der Waals surface area contributed by atoms with Gasteiger partial charge in [0.2, 0.25) is 5.95 Å². The van der Waals surface area contributed by atoms with Crippen molar-refractivity contribution in [2.45, 2.75) is 33.4 Å². The van der Waals surface area contributed by atoms with Gasteiger partial charge in [0.1, 0.15) is 12.6 Å². The molecule has 0 fully saturated rings. The largest absolute Gasteiger partial charge is 0.493 e. The summed E-state index contributed by atoms with van der Waals surface area (Å²) in [6, 6.07) is 14.0. The molecule has 1 aliphatic rings. The van der Waals surface area contributed by atoms with Crippen LogP contribution in [0.25, 0.3) is 0 Å². The number of allylic oxidation sites excluding steroid dienone is 1. The van der Waals surface area contributed by atoms with Crippen LogP contribution < -0.4 is 14.8 Å². The zero-order valence-electron chi connectivity index (χ0n) is 21.3. The number of nitrogens with zero attached hydrogens (tertiary/aromatic N) is 5. The topological polar surface area (TPSA) is 121 Å². The molecule has 1 aliphatic heterocycles. The highest BCUT2D eigenvalue weighted by Gasteiger charge is 2.35. The number of carbonyl (C=O) groups is 2. The van der Waals surface area contributed by atoms with Crippen LogP contribution in [-0.2, 0) is 20.9 Å². The van der Waals surface area contributed by atoms with E-state index in [4.69, 9.17) is 14.2 Å². The summed E-state index contributed by atoms with van der Waals surface area (Å²) >= 11 is 0. The number of anilines is 1. The second-order valence-corrected chi connectivity index (χ2v) is 8.34. The average molecular weight is 507 g/mol. The predicted molar refractivity (Wildman–Crippen MR) is 135 cm³/mol. The summed E-state index contributed by atoms with van der Waals surface area (Å²) in [5.74, 6) is 0.601. The van der Waals surface area contributed by atoms with Gasteiger partial charge in [0.05, 0.1) is 12.7 Å². The molecule has 1 aromatic heterocycles. The van der Waals surface area contributed by atoms with Crippen molar-refractivity contribution in [1.82, 2.24) is 25.1 Å². The zero-order chi connectivity index (χ0) is 26.4. The summed E-state index contributed by atoms with van der Waals surface area (Å²) in [7, 11) is 1.51. The van der Waals surface area contributed by atoms with Gasteiger partial charge >= 0.3 is 5.97 Å². The molecule has 194 valence electrons. The van der Waals surface area contributed by atoms with E-state index in [1.807, 2.05) is 44.2 Å². The summed E-state index contributed by atoms with van der Waals surface area (Å²) in [6.45, 7) is 6.83. The number of benzene rings is 2. The Hall–Kier alpha value is -4.41. The number of rotatable bonds is 10. The highest BCUT2D eigenvalue weighted by Crippen LogP contribution is 2.38. The molecule has 0 bridgehead atoms. The highest BCUT2D eigenvalue weighted by molar-refractivity contribution is 5.92. The van der Waals surface area contributed by atoms with Crippen LogP contribution in [0.15, 0.2) is 59.8 Å². The lowest BCUT2D eigenvalue weighted by atomic mass is 9.95. The van der Waals surface area contributed by atoms with Crippen molar-refractivity contribution in [1.29, 1.82) is 0 Å². The third-order valence-electron chi connectivity index (χ3n) is 6.12. The SMILES string of the molecule is CCN(CC)C(=O)COc1ccc(C2C(C(=O)OCc3ccccc3)=C(C)Nc3nnnn32)cc1OC. The Balaban J connectivity index is 1.61. The third kappa shape index (κ3) is 5.55. The Morgan fingerprint density at radius 2 is 1.84 bits per heavy atom. The van der Waals surface area contributed by atoms with Gasteiger partial charge in [-0.25, -0.2) is 4.79 Å². The molecule has 1 N–H and O–H groups in total. The number of hydrogen-bond donors (Lipinski definition) is 1. The molecule has 2 aromatic carbocycles. The first-order valence-corrected chi connectivity index (χ1v) is 12.0. The van der Waals surface area contributed by atoms with Gasteiger partial charge < -0.3 is 24.4 Å². The third-order valence-corrected chi connectivity index (χ3v) is 6.12. The van der Waals surface area contributed by atoms with Gasteiger partial charge in [-0.05, 0) is 54.5 Å². The molecule has 37 heavy (non-hydrogen) atoms. The van der Waals surface area contributed by atoms with Crippen LogP contribution in [0, 0.1) is 0 Å². The number of amides is 1. The quantitative estimate of drug-likeness (QED) is 0.414. The lowest BCUT2D eigenvalue weighted by Gasteiger charge is -2.28. The smallest absolute Gasteiger partial charge is 0.338 e. The molecule has 1 atom stereocenters. The average Bonchev–Trinajstić information content (AvgIpc) is 3.39. The Labute approximate surface area is 215 Å². The number of nitrogens with one attached hydrogen (secondary N) is 1. The minimum absolute atomic E-state index is 0.113. The van der Waals surface area contributed by atoms with E-state index in [9.17, 15) is 9.59 Å². The van der Waals surface area contributed by atoms with Crippen LogP contribution >= 0.6 is 0 Å². The number of aromatic nitrogens is 4. The maximum absolute atomic E-state index is 13.3. The van der Waals surface area contributed by atoms with Gasteiger partial charge in [0, 0.05) is 18.8 Å². The molecular weight excluding hydrogens is 476 g/mol. The lowest BCUT2D eigenvalue weighted by Crippen LogP contribution is -2.34. The van der Waals surface area contributed by atoms with E-state index >= 15 is 0 Å². The summed E-state index contributed by atoms with van der Waals surface area (Å²) < 4.78 is 18.5. The first kappa shape index (κ1) is 25.7. The van der Waals surface area contributed by atoms with Crippen LogP contribution in [0.3, 0.4) is 0 Å². The van der Waals surface area contributed by atoms with Crippen molar-refractivity contribution in [3.8, 4) is 11.5 Å². The number of fused-ring (bicyclic) bond motifs is 1. The Morgan fingerprint density at radius 1 is 1.08 bits per heavy atom. The van der Waals surface area contributed by atoms with Crippen molar-refractivity contribution in [2.24, 2.45) is 0 Å². The van der Waals surface area contributed by atoms with Gasteiger partial charge in [-0.15, -0.1) is 0 Å². The zero-order valence-corrected chi connectivity index (χ0v) is 21.3. The van der Waals surface area contributed by atoms with Crippen molar-refractivity contribution in [2.75, 3.05) is 32.1 Å². The second kappa shape index (κ2) is 11.5. The van der Waals surface area contributed by atoms with Crippen LogP contribution in [0.5, 0.6) is 11.5 Å². The number of ether oxygens (including phenoxy) is 3. The van der Waals surface area contributed by atoms with E-state index < -0.39 is 12.0 Å². The van der Waals surface area contributed by atoms with Crippen LogP contribution in [0.4, 0.5) is 5.95 Å². The fourth-order valence-electron chi connectivity index (χ4n) is 4.17. The number of hydrogen-bond acceptors (Lipinski definition) is 9. The van der Waals surface area contributed by atoms with Crippen molar-refractivity contribution >= 4 is 17.8 Å². The Bertz CT molecular complexity index is 1290. The van der Waals surface area contributed by atoms with Gasteiger partial charge in [-0.3, -0.25) is 4.79 Å². The van der Waals surface area contributed by atoms with E-state index in [1.54, 1.807) is 30.0 Å². The van der Waals surface area contributed by atoms with Gasteiger partial charge in [-0.2, -0.15) is 4.68 Å². The standard InChI is InChI=1S/C26H30N6O5/c1-5-31(6-2)22(33)16-36-20-13-12-19(14-21(20)35-4)24-23(17(3)27-26-28-29-30-32(24)26)25(34)37-15-18-10-8-7-9-11-18/h7-14,24H,5-6,15-16H2,1-4H3,(H,27,28,30). The number of methoxy groups -OCH3 is 1. The second-order valence-electron chi connectivity index (χ2n) is 8.34. The molecule has 1 unspecified atom stereocenters. The lowest BCUT2D eigenvalue weighted by molar-refractivity contribution is -0.141. The van der Waals surface area contributed by atoms with Crippen LogP contribution in [-0.4, -0.2) is 63.8 Å². The first-order chi connectivity index (χ1) is 18.0. The van der Waals surface area contributed by atoms with Crippen LogP contribution in [0.1, 0.15) is 37.9 Å². The van der Waals surface area contributed by atoms with Crippen molar-refractivity contribution in [3.63, 3.8) is 0 Å². The van der Waals surface area contributed by atoms with Crippen LogP contribution in [0.2, 0.25) is 0 Å². The van der Waals surface area contributed by atoms with E-state index in [-0.39, 0.29) is 19.1 Å². The molecule has 11 nitrogen and oxygen atoms in total. The fraction of sp³-hybridized carbons (Fsp3) is 0.346. The number of tetrazole rings is 1. The van der Waals surface area contributed by atoms with Gasteiger partial charge in [0.25, 0.3) is 5.91 Å². The predicted octanol–water partition coefficient (Wildman–Crippen LogP) is 2.96. The molecule has 0 saturated heterocycles.